The van der Waals surface area contributed by atoms with E-state index in [4.69, 9.17) is 4.74 Å². The van der Waals surface area contributed by atoms with Gasteiger partial charge in [-0.3, -0.25) is 9.88 Å². The number of likely N-dealkylation sites (N-methyl/N-ethyl adjacent to an activating group) is 1. The van der Waals surface area contributed by atoms with Crippen molar-refractivity contribution in [1.29, 1.82) is 0 Å². The number of ether oxygens (including phenoxy) is 1. The molecule has 4 nitrogen and oxygen atoms in total. The van der Waals surface area contributed by atoms with Gasteiger partial charge in [0.2, 0.25) is 0 Å². The average Bonchev–Trinajstić information content (AvgIpc) is 2.94. The Bertz CT molecular complexity index is 927. The molecule has 0 N–H and O–H groups in total. The molecule has 0 saturated heterocycles. The Morgan fingerprint density at radius 1 is 1.23 bits per heavy atom. The zero-order chi connectivity index (χ0) is 18.3. The number of aryl methyl sites for hydroxylation is 3. The molecule has 26 heavy (non-hydrogen) atoms. The Hall–Kier alpha value is -2.33. The van der Waals surface area contributed by atoms with Crippen molar-refractivity contribution in [1.82, 2.24) is 14.5 Å². The van der Waals surface area contributed by atoms with Gasteiger partial charge in [-0.15, -0.1) is 0 Å². The van der Waals surface area contributed by atoms with E-state index < -0.39 is 0 Å². The lowest BCUT2D eigenvalue weighted by Crippen LogP contribution is -2.35. The molecular formula is C22H27N3O. The van der Waals surface area contributed by atoms with Gasteiger partial charge < -0.3 is 9.30 Å². The van der Waals surface area contributed by atoms with E-state index in [2.05, 4.69) is 58.8 Å². The SMILES string of the molecule is COc1ccc2c(c1)c1c(n2CCc2ccc(C)nc2)CC(C)N(C)C1. The number of hydrogen-bond donors (Lipinski definition) is 0. The van der Waals surface area contributed by atoms with Crippen molar-refractivity contribution >= 4 is 10.9 Å². The zero-order valence-electron chi connectivity index (χ0n) is 16.1. The highest BCUT2D eigenvalue weighted by Crippen LogP contribution is 2.34. The van der Waals surface area contributed by atoms with Crippen molar-refractivity contribution in [3.8, 4) is 5.75 Å². The summed E-state index contributed by atoms with van der Waals surface area (Å²) < 4.78 is 8.00. The minimum absolute atomic E-state index is 0.563. The summed E-state index contributed by atoms with van der Waals surface area (Å²) in [5.41, 5.74) is 6.63. The number of pyridine rings is 1. The Balaban J connectivity index is 1.75. The van der Waals surface area contributed by atoms with Crippen molar-refractivity contribution < 1.29 is 4.74 Å². The van der Waals surface area contributed by atoms with Crippen molar-refractivity contribution in [3.05, 3.63) is 59.0 Å². The molecule has 0 spiro atoms. The van der Waals surface area contributed by atoms with Gasteiger partial charge in [0.1, 0.15) is 5.75 Å². The maximum Gasteiger partial charge on any atom is 0.119 e. The second-order valence-electron chi connectivity index (χ2n) is 7.49. The lowest BCUT2D eigenvalue weighted by Gasteiger charge is -2.31. The zero-order valence-corrected chi connectivity index (χ0v) is 16.1. The summed E-state index contributed by atoms with van der Waals surface area (Å²) in [6.45, 7) is 6.33. The van der Waals surface area contributed by atoms with Gasteiger partial charge in [-0.05, 0) is 62.7 Å². The predicted octanol–water partition coefficient (Wildman–Crippen LogP) is 3.97. The lowest BCUT2D eigenvalue weighted by molar-refractivity contribution is 0.228. The molecule has 3 heterocycles. The van der Waals surface area contributed by atoms with E-state index in [0.29, 0.717) is 6.04 Å². The number of fused-ring (bicyclic) bond motifs is 3. The molecule has 0 fully saturated rings. The second-order valence-corrected chi connectivity index (χ2v) is 7.49. The number of methoxy groups -OCH3 is 1. The van der Waals surface area contributed by atoms with Gasteiger partial charge in [0.25, 0.3) is 0 Å². The van der Waals surface area contributed by atoms with E-state index in [9.17, 15) is 0 Å². The normalized spacial score (nSPS) is 17.5. The summed E-state index contributed by atoms with van der Waals surface area (Å²) in [4.78, 5) is 6.88. The Morgan fingerprint density at radius 3 is 2.81 bits per heavy atom. The molecule has 2 aromatic heterocycles. The van der Waals surface area contributed by atoms with Crippen LogP contribution in [0.25, 0.3) is 10.9 Å². The van der Waals surface area contributed by atoms with E-state index in [-0.39, 0.29) is 0 Å². The fourth-order valence-electron chi connectivity index (χ4n) is 3.98. The summed E-state index contributed by atoms with van der Waals surface area (Å²) in [5, 5.41) is 1.33. The highest BCUT2D eigenvalue weighted by molar-refractivity contribution is 5.87. The molecule has 0 aliphatic carbocycles. The van der Waals surface area contributed by atoms with Gasteiger partial charge in [0.05, 0.1) is 7.11 Å². The van der Waals surface area contributed by atoms with E-state index in [1.807, 2.05) is 13.1 Å². The number of rotatable bonds is 4. The standard InChI is InChI=1S/C22H27N3O/c1-15-5-6-17(13-23-15)9-10-25-21-8-7-18(26-4)12-19(21)20-14-24(3)16(2)11-22(20)25/h5-8,12-13,16H,9-11,14H2,1-4H3. The van der Waals surface area contributed by atoms with Gasteiger partial charge in [0, 0.05) is 54.0 Å². The molecule has 0 amide bonds. The number of benzene rings is 1. The Labute approximate surface area is 155 Å². The molecule has 1 unspecified atom stereocenters. The largest absolute Gasteiger partial charge is 0.497 e. The minimum atomic E-state index is 0.563. The minimum Gasteiger partial charge on any atom is -0.497 e. The quantitative estimate of drug-likeness (QED) is 0.714. The second kappa shape index (κ2) is 6.76. The van der Waals surface area contributed by atoms with Crippen LogP contribution in [-0.4, -0.2) is 34.7 Å². The van der Waals surface area contributed by atoms with Crippen molar-refractivity contribution in [2.24, 2.45) is 0 Å². The third-order valence-electron chi connectivity index (χ3n) is 5.74. The van der Waals surface area contributed by atoms with Crippen LogP contribution in [0.5, 0.6) is 5.75 Å². The summed E-state index contributed by atoms with van der Waals surface area (Å²) in [7, 11) is 3.96. The topological polar surface area (TPSA) is 30.3 Å². The van der Waals surface area contributed by atoms with Crippen LogP contribution < -0.4 is 4.74 Å². The first-order chi connectivity index (χ1) is 12.6. The fraction of sp³-hybridized carbons (Fsp3) is 0.409. The van der Waals surface area contributed by atoms with E-state index in [0.717, 1.165) is 37.4 Å². The van der Waals surface area contributed by atoms with Gasteiger partial charge >= 0.3 is 0 Å². The molecule has 4 heteroatoms. The van der Waals surface area contributed by atoms with Gasteiger partial charge in [-0.25, -0.2) is 0 Å². The summed E-state index contributed by atoms with van der Waals surface area (Å²) in [6, 6.07) is 11.3. The Morgan fingerprint density at radius 2 is 2.08 bits per heavy atom. The molecule has 1 aliphatic heterocycles. The fourth-order valence-corrected chi connectivity index (χ4v) is 3.98. The van der Waals surface area contributed by atoms with Gasteiger partial charge in [-0.1, -0.05) is 6.07 Å². The highest BCUT2D eigenvalue weighted by atomic mass is 16.5. The Kier molecular flexibility index (Phi) is 4.45. The predicted molar refractivity (Wildman–Crippen MR) is 106 cm³/mol. The molecule has 3 aromatic rings. The van der Waals surface area contributed by atoms with Gasteiger partial charge in [0.15, 0.2) is 0 Å². The highest BCUT2D eigenvalue weighted by Gasteiger charge is 2.26. The third-order valence-corrected chi connectivity index (χ3v) is 5.74. The molecule has 136 valence electrons. The molecular weight excluding hydrogens is 322 g/mol. The molecule has 4 rings (SSSR count). The van der Waals surface area contributed by atoms with E-state index in [1.54, 1.807) is 7.11 Å². The van der Waals surface area contributed by atoms with Crippen molar-refractivity contribution in [2.45, 2.75) is 45.8 Å². The van der Waals surface area contributed by atoms with E-state index in [1.165, 1.54) is 27.7 Å². The smallest absolute Gasteiger partial charge is 0.119 e. The summed E-state index contributed by atoms with van der Waals surface area (Å²) in [5.74, 6) is 0.932. The molecule has 1 aromatic carbocycles. The van der Waals surface area contributed by atoms with Crippen LogP contribution in [-0.2, 0) is 25.9 Å². The molecule has 1 aliphatic rings. The summed E-state index contributed by atoms with van der Waals surface area (Å²) in [6.07, 6.45) is 4.10. The maximum atomic E-state index is 5.48. The van der Waals surface area contributed by atoms with Crippen LogP contribution in [0.1, 0.15) is 29.4 Å². The van der Waals surface area contributed by atoms with E-state index >= 15 is 0 Å². The molecule has 0 saturated carbocycles. The molecule has 0 bridgehead atoms. The molecule has 0 radical (unpaired) electrons. The first-order valence-electron chi connectivity index (χ1n) is 9.36. The number of hydrogen-bond acceptors (Lipinski definition) is 3. The lowest BCUT2D eigenvalue weighted by atomic mass is 10.00. The number of nitrogens with zero attached hydrogens (tertiary/aromatic N) is 3. The monoisotopic (exact) mass is 349 g/mol. The number of aromatic nitrogens is 2. The van der Waals surface area contributed by atoms with Crippen molar-refractivity contribution in [3.63, 3.8) is 0 Å². The third kappa shape index (κ3) is 2.99. The van der Waals surface area contributed by atoms with Crippen LogP contribution in [0.15, 0.2) is 36.5 Å². The van der Waals surface area contributed by atoms with Crippen LogP contribution in [0.3, 0.4) is 0 Å². The van der Waals surface area contributed by atoms with Gasteiger partial charge in [-0.2, -0.15) is 0 Å². The first-order valence-corrected chi connectivity index (χ1v) is 9.36. The maximum absolute atomic E-state index is 5.48. The van der Waals surface area contributed by atoms with Crippen LogP contribution in [0.2, 0.25) is 0 Å². The average molecular weight is 349 g/mol. The first kappa shape index (κ1) is 17.1. The van der Waals surface area contributed by atoms with Crippen LogP contribution in [0.4, 0.5) is 0 Å². The molecule has 1 atom stereocenters. The van der Waals surface area contributed by atoms with Crippen LogP contribution >= 0.6 is 0 Å². The van der Waals surface area contributed by atoms with Crippen molar-refractivity contribution in [2.75, 3.05) is 14.2 Å². The van der Waals surface area contributed by atoms with Crippen LogP contribution in [0, 0.1) is 6.92 Å². The summed E-state index contributed by atoms with van der Waals surface area (Å²) >= 11 is 0.